The Morgan fingerprint density at radius 2 is 1.85 bits per heavy atom. The number of carbonyl (C=O) groups is 1. The molecule has 1 aromatic heterocycles. The summed E-state index contributed by atoms with van der Waals surface area (Å²) in [6.45, 7) is 4.35. The van der Waals surface area contributed by atoms with Gasteiger partial charge in [-0.25, -0.2) is 8.42 Å². The molecule has 2 heterocycles. The van der Waals surface area contributed by atoms with Crippen LogP contribution in [0.4, 0.5) is 5.69 Å². The highest BCUT2D eigenvalue weighted by Crippen LogP contribution is 2.33. The number of rotatable bonds is 14. The number of amidine groups is 1. The van der Waals surface area contributed by atoms with Gasteiger partial charge in [-0.1, -0.05) is 48.0 Å². The minimum Gasteiger partial charge on any atom is -0.489 e. The molecule has 4 rings (SSSR count). The van der Waals surface area contributed by atoms with Crippen LogP contribution in [0.2, 0.25) is 5.02 Å². The summed E-state index contributed by atoms with van der Waals surface area (Å²) in [5.41, 5.74) is 8.25. The highest BCUT2D eigenvalue weighted by molar-refractivity contribution is 7.93. The van der Waals surface area contributed by atoms with Crippen molar-refractivity contribution >= 4 is 82.4 Å². The summed E-state index contributed by atoms with van der Waals surface area (Å²) in [5, 5.41) is 7.91. The Morgan fingerprint density at radius 3 is 2.49 bits per heavy atom. The number of sulfonamides is 1. The number of anilines is 1. The van der Waals surface area contributed by atoms with Crippen LogP contribution in [0, 0.1) is 5.41 Å². The molecule has 10 nitrogen and oxygen atoms in total. The summed E-state index contributed by atoms with van der Waals surface area (Å²) in [6, 6.07) is 17.8. The van der Waals surface area contributed by atoms with Gasteiger partial charge in [0.15, 0.2) is 5.75 Å². The van der Waals surface area contributed by atoms with Crippen molar-refractivity contribution in [2.75, 3.05) is 42.8 Å². The van der Waals surface area contributed by atoms with E-state index in [1.54, 1.807) is 49.4 Å². The third kappa shape index (κ3) is 12.8. The molecule has 0 radical (unpaired) electrons. The average Bonchev–Trinajstić information content (AvgIpc) is 3.00. The van der Waals surface area contributed by atoms with Crippen LogP contribution in [0.25, 0.3) is 6.08 Å². The molecule has 0 bridgehead atoms. The monoisotopic (exact) mass is 747 g/mol. The van der Waals surface area contributed by atoms with E-state index in [-0.39, 0.29) is 73.0 Å². The first kappa shape index (κ1) is 42.0. The first-order valence-corrected chi connectivity index (χ1v) is 16.5. The van der Waals surface area contributed by atoms with Gasteiger partial charge in [0.25, 0.3) is 0 Å². The van der Waals surface area contributed by atoms with E-state index in [9.17, 15) is 13.2 Å². The second-order valence-electron chi connectivity index (χ2n) is 10.4. The summed E-state index contributed by atoms with van der Waals surface area (Å²) >= 11 is 6.62. The maximum absolute atomic E-state index is 13.4. The second kappa shape index (κ2) is 20.3. The van der Waals surface area contributed by atoms with Crippen molar-refractivity contribution in [2.45, 2.75) is 32.3 Å². The standard InChI is InChI=1S/C32H38ClN5O5S.3ClH/c1-2-42-31(39)23-44(40,41)38(17-6-8-24-7-5-9-25(21-24)32(34)35)27-11-12-30(29(33)22-27)43-28-14-19-37(20-15-28)18-13-26-10-3-4-16-36-26;;;/h3-12,16,21-22,28H,2,13-15,17-20,23H2,1H3,(H3,34,35);3*1H/b8-6+;;;. The number of nitrogen functional groups attached to an aromatic ring is 1. The van der Waals surface area contributed by atoms with Crippen LogP contribution in [0.3, 0.4) is 0 Å². The van der Waals surface area contributed by atoms with Crippen molar-refractivity contribution in [3.63, 3.8) is 0 Å². The fourth-order valence-electron chi connectivity index (χ4n) is 4.89. The van der Waals surface area contributed by atoms with Gasteiger partial charge in [0.05, 0.1) is 23.9 Å². The van der Waals surface area contributed by atoms with Crippen molar-refractivity contribution in [3.8, 4) is 5.75 Å². The lowest BCUT2D eigenvalue weighted by Crippen LogP contribution is -2.39. The summed E-state index contributed by atoms with van der Waals surface area (Å²) in [7, 11) is -4.12. The van der Waals surface area contributed by atoms with E-state index in [2.05, 4.69) is 9.88 Å². The number of halogens is 4. The van der Waals surface area contributed by atoms with E-state index in [1.807, 2.05) is 30.5 Å². The molecule has 1 fully saturated rings. The zero-order chi connectivity index (χ0) is 31.5. The molecular formula is C32H41Cl4N5O5S. The predicted octanol–water partition coefficient (Wildman–Crippen LogP) is 5.78. The van der Waals surface area contributed by atoms with Crippen LogP contribution in [0.1, 0.15) is 36.6 Å². The van der Waals surface area contributed by atoms with Gasteiger partial charge >= 0.3 is 5.97 Å². The summed E-state index contributed by atoms with van der Waals surface area (Å²) in [6.07, 6.45) is 7.76. The van der Waals surface area contributed by atoms with Crippen molar-refractivity contribution in [1.29, 1.82) is 5.41 Å². The Balaban J connectivity index is 0.00000368. The van der Waals surface area contributed by atoms with Gasteiger partial charge in [0.2, 0.25) is 10.0 Å². The molecule has 0 aliphatic carbocycles. The third-order valence-electron chi connectivity index (χ3n) is 7.16. The number of carbonyl (C=O) groups excluding carboxylic acids is 1. The number of ether oxygens (including phenoxy) is 2. The van der Waals surface area contributed by atoms with Gasteiger partial charge in [-0.3, -0.25) is 19.5 Å². The van der Waals surface area contributed by atoms with Crippen LogP contribution in [-0.2, 0) is 26.0 Å². The van der Waals surface area contributed by atoms with Crippen LogP contribution in [0.15, 0.2) is 72.9 Å². The lowest BCUT2D eigenvalue weighted by atomic mass is 10.1. The number of nitrogens with zero attached hydrogens (tertiary/aromatic N) is 3. The third-order valence-corrected chi connectivity index (χ3v) is 9.09. The molecule has 2 aromatic carbocycles. The smallest absolute Gasteiger partial charge is 0.323 e. The molecule has 258 valence electrons. The second-order valence-corrected chi connectivity index (χ2v) is 12.7. The minimum absolute atomic E-state index is 0. The average molecular weight is 750 g/mol. The lowest BCUT2D eigenvalue weighted by molar-refractivity contribution is -0.139. The topological polar surface area (TPSA) is 139 Å². The number of aromatic nitrogens is 1. The maximum atomic E-state index is 13.4. The van der Waals surface area contributed by atoms with Gasteiger partial charge < -0.3 is 20.1 Å². The number of piperidine rings is 1. The Labute approximate surface area is 300 Å². The molecule has 3 N–H and O–H groups in total. The SMILES string of the molecule is CCOC(=O)CS(=O)(=O)N(C/C=C/c1cccc(C(=N)N)c1)c1ccc(OC2CCN(CCc3ccccn3)CC2)c(Cl)c1.Cl.Cl.Cl. The van der Waals surface area contributed by atoms with E-state index in [0.717, 1.165) is 54.5 Å². The zero-order valence-electron chi connectivity index (χ0n) is 25.9. The number of likely N-dealkylation sites (tertiary alicyclic amines) is 1. The van der Waals surface area contributed by atoms with Crippen LogP contribution < -0.4 is 14.8 Å². The molecule has 0 amide bonds. The molecule has 3 aromatic rings. The Hall–Kier alpha value is -3.06. The maximum Gasteiger partial charge on any atom is 0.323 e. The largest absolute Gasteiger partial charge is 0.489 e. The summed E-state index contributed by atoms with van der Waals surface area (Å²) in [4.78, 5) is 18.9. The van der Waals surface area contributed by atoms with E-state index in [1.165, 1.54) is 6.07 Å². The molecule has 0 spiro atoms. The van der Waals surface area contributed by atoms with Crippen molar-refractivity contribution in [3.05, 3.63) is 94.8 Å². The fourth-order valence-corrected chi connectivity index (χ4v) is 6.40. The van der Waals surface area contributed by atoms with Crippen LogP contribution in [-0.4, -0.2) is 74.7 Å². The molecule has 1 aliphatic rings. The van der Waals surface area contributed by atoms with Gasteiger partial charge in [0.1, 0.15) is 17.7 Å². The molecule has 0 saturated carbocycles. The molecule has 15 heteroatoms. The van der Waals surface area contributed by atoms with Crippen LogP contribution >= 0.6 is 48.8 Å². The quantitative estimate of drug-likeness (QED) is 0.120. The van der Waals surface area contributed by atoms with E-state index in [4.69, 9.17) is 32.2 Å². The number of hydrogen-bond acceptors (Lipinski definition) is 8. The van der Waals surface area contributed by atoms with Crippen molar-refractivity contribution in [2.24, 2.45) is 5.73 Å². The van der Waals surface area contributed by atoms with Gasteiger partial charge in [-0.05, 0) is 61.7 Å². The lowest BCUT2D eigenvalue weighted by Gasteiger charge is -2.32. The molecular weight excluding hydrogens is 708 g/mol. The number of nitrogens with one attached hydrogen (secondary N) is 1. The molecule has 1 saturated heterocycles. The molecule has 0 unspecified atom stereocenters. The van der Waals surface area contributed by atoms with Crippen LogP contribution in [0.5, 0.6) is 5.75 Å². The predicted molar refractivity (Wildman–Crippen MR) is 195 cm³/mol. The number of esters is 1. The summed E-state index contributed by atoms with van der Waals surface area (Å²) in [5.74, 6) is -1.25. The zero-order valence-corrected chi connectivity index (χ0v) is 29.9. The number of nitrogens with two attached hydrogens (primary N) is 1. The fraction of sp³-hybridized carbons (Fsp3) is 0.344. The van der Waals surface area contributed by atoms with E-state index in [0.29, 0.717) is 11.3 Å². The van der Waals surface area contributed by atoms with E-state index < -0.39 is 21.7 Å². The Kier molecular flexibility index (Phi) is 18.2. The Morgan fingerprint density at radius 1 is 1.11 bits per heavy atom. The minimum atomic E-state index is -4.12. The van der Waals surface area contributed by atoms with Gasteiger partial charge in [-0.2, -0.15) is 0 Å². The van der Waals surface area contributed by atoms with Gasteiger partial charge in [0, 0.05) is 43.5 Å². The van der Waals surface area contributed by atoms with E-state index >= 15 is 0 Å². The first-order chi connectivity index (χ1) is 21.1. The molecule has 1 aliphatic heterocycles. The van der Waals surface area contributed by atoms with Crippen molar-refractivity contribution < 1.29 is 22.7 Å². The highest BCUT2D eigenvalue weighted by atomic mass is 35.5. The molecule has 47 heavy (non-hydrogen) atoms. The molecule has 0 atom stereocenters. The number of benzene rings is 2. The number of hydrogen-bond donors (Lipinski definition) is 2. The highest BCUT2D eigenvalue weighted by Gasteiger charge is 2.27. The summed E-state index contributed by atoms with van der Waals surface area (Å²) < 4.78 is 39.0. The van der Waals surface area contributed by atoms with Crippen molar-refractivity contribution in [1.82, 2.24) is 9.88 Å². The Bertz CT molecular complexity index is 1570. The first-order valence-electron chi connectivity index (χ1n) is 14.5. The normalized spacial score (nSPS) is 13.5. The van der Waals surface area contributed by atoms with Gasteiger partial charge in [-0.15, -0.1) is 37.2 Å². The number of pyridine rings is 1.